The molecule has 0 bridgehead atoms. The second kappa shape index (κ2) is 13.0. The number of fused-ring (bicyclic) bond motifs is 8. The zero-order chi connectivity index (χ0) is 39.0. The summed E-state index contributed by atoms with van der Waals surface area (Å²) in [5.74, 6) is 1.60. The van der Waals surface area contributed by atoms with Crippen molar-refractivity contribution in [2.75, 3.05) is 0 Å². The molecule has 276 valence electrons. The van der Waals surface area contributed by atoms with E-state index in [1.54, 1.807) is 0 Å². The standard InChI is InChI=1S/C58H38O/c1-3-15-41-37-45(27-25-39(41)13-1)57(53-21-9-5-17-49(53)50-18-6-10-22-54(50)57)43-29-33-47(34-30-43)59-48-35-31-44(32-36-48)58(46-28-26-40-14-2-4-16-42(40)38-46)55-23-11-7-19-51(55)52-20-8-12-24-56(52)58/h1-38H. The molecule has 0 saturated heterocycles. The number of ether oxygens (including phenoxy) is 1. The van der Waals surface area contributed by atoms with Crippen LogP contribution < -0.4 is 4.74 Å². The predicted octanol–water partition coefficient (Wildman–Crippen LogP) is 14.5. The summed E-state index contributed by atoms with van der Waals surface area (Å²) < 4.78 is 6.68. The van der Waals surface area contributed by atoms with Crippen molar-refractivity contribution >= 4 is 21.5 Å². The monoisotopic (exact) mass is 750 g/mol. The van der Waals surface area contributed by atoms with E-state index in [2.05, 4.69) is 231 Å². The minimum atomic E-state index is -0.484. The molecule has 10 aromatic rings. The number of benzene rings is 10. The van der Waals surface area contributed by atoms with Crippen molar-refractivity contribution in [3.63, 3.8) is 0 Å². The van der Waals surface area contributed by atoms with Crippen LogP contribution in [-0.4, -0.2) is 0 Å². The van der Waals surface area contributed by atoms with Crippen molar-refractivity contribution in [3.05, 3.63) is 275 Å². The zero-order valence-corrected chi connectivity index (χ0v) is 32.3. The minimum absolute atomic E-state index is 0.484. The second-order valence-corrected chi connectivity index (χ2v) is 16.0. The highest BCUT2D eigenvalue weighted by atomic mass is 16.5. The predicted molar refractivity (Wildman–Crippen MR) is 243 cm³/mol. The van der Waals surface area contributed by atoms with E-state index in [4.69, 9.17) is 4.74 Å². The lowest BCUT2D eigenvalue weighted by atomic mass is 9.67. The molecule has 10 aromatic carbocycles. The molecule has 0 aromatic heterocycles. The molecule has 0 radical (unpaired) electrons. The SMILES string of the molecule is c1ccc2c(c1)-c1ccccc1C2(c1ccc(Oc2ccc(C3(c4ccc5ccccc5c4)c4ccccc4-c4ccccc43)cc2)cc1)c1ccc2ccccc2c1. The Morgan fingerprint density at radius 2 is 0.525 bits per heavy atom. The maximum absolute atomic E-state index is 6.68. The van der Waals surface area contributed by atoms with Crippen molar-refractivity contribution < 1.29 is 4.74 Å². The molecule has 0 atom stereocenters. The molecule has 0 amide bonds. The molecular weight excluding hydrogens is 713 g/mol. The van der Waals surface area contributed by atoms with E-state index in [9.17, 15) is 0 Å². The van der Waals surface area contributed by atoms with Crippen molar-refractivity contribution in [1.82, 2.24) is 0 Å². The van der Waals surface area contributed by atoms with Gasteiger partial charge in [0.05, 0.1) is 10.8 Å². The van der Waals surface area contributed by atoms with E-state index < -0.39 is 10.8 Å². The maximum atomic E-state index is 6.68. The molecule has 1 nitrogen and oxygen atoms in total. The van der Waals surface area contributed by atoms with Crippen LogP contribution in [0, 0.1) is 0 Å². The van der Waals surface area contributed by atoms with E-state index in [1.165, 1.54) is 88.3 Å². The van der Waals surface area contributed by atoms with Gasteiger partial charge in [-0.25, -0.2) is 0 Å². The van der Waals surface area contributed by atoms with Gasteiger partial charge in [0.1, 0.15) is 11.5 Å². The number of hydrogen-bond donors (Lipinski definition) is 0. The summed E-state index contributed by atoms with van der Waals surface area (Å²) in [6.45, 7) is 0. The second-order valence-electron chi connectivity index (χ2n) is 16.0. The molecule has 0 spiro atoms. The average Bonchev–Trinajstić information content (AvgIpc) is 3.78. The summed E-state index contributed by atoms with van der Waals surface area (Å²) >= 11 is 0. The van der Waals surface area contributed by atoms with Crippen LogP contribution in [0.5, 0.6) is 11.5 Å². The van der Waals surface area contributed by atoms with Gasteiger partial charge in [-0.15, -0.1) is 0 Å². The Kier molecular flexibility index (Phi) is 7.43. The van der Waals surface area contributed by atoms with Gasteiger partial charge in [-0.05, 0) is 125 Å². The fourth-order valence-corrected chi connectivity index (χ4v) is 10.6. The summed E-state index contributed by atoms with van der Waals surface area (Å²) in [5.41, 5.74) is 14.3. The van der Waals surface area contributed by atoms with Gasteiger partial charge in [-0.3, -0.25) is 0 Å². The topological polar surface area (TPSA) is 9.23 Å². The number of hydrogen-bond acceptors (Lipinski definition) is 1. The summed E-state index contributed by atoms with van der Waals surface area (Å²) in [4.78, 5) is 0. The van der Waals surface area contributed by atoms with E-state index in [0.29, 0.717) is 0 Å². The van der Waals surface area contributed by atoms with Crippen LogP contribution in [0.4, 0.5) is 0 Å². The Labute approximate surface area is 344 Å². The lowest BCUT2D eigenvalue weighted by molar-refractivity contribution is 0.481. The largest absolute Gasteiger partial charge is 0.457 e. The zero-order valence-electron chi connectivity index (χ0n) is 32.3. The van der Waals surface area contributed by atoms with Gasteiger partial charge in [0, 0.05) is 0 Å². The Morgan fingerprint density at radius 1 is 0.237 bits per heavy atom. The first-order valence-corrected chi connectivity index (χ1v) is 20.5. The van der Waals surface area contributed by atoms with Crippen molar-refractivity contribution in [3.8, 4) is 33.8 Å². The van der Waals surface area contributed by atoms with Gasteiger partial charge in [0.15, 0.2) is 0 Å². The van der Waals surface area contributed by atoms with E-state index >= 15 is 0 Å². The third kappa shape index (κ3) is 4.85. The molecule has 0 heterocycles. The Bertz CT molecular complexity index is 2930. The molecule has 0 saturated carbocycles. The molecule has 2 aliphatic rings. The van der Waals surface area contributed by atoms with Crippen LogP contribution in [0.2, 0.25) is 0 Å². The molecule has 0 aliphatic heterocycles. The van der Waals surface area contributed by atoms with Crippen LogP contribution >= 0.6 is 0 Å². The third-order valence-corrected chi connectivity index (χ3v) is 13.1. The lowest BCUT2D eigenvalue weighted by Crippen LogP contribution is -2.28. The lowest BCUT2D eigenvalue weighted by Gasteiger charge is -2.34. The summed E-state index contributed by atoms with van der Waals surface area (Å²) in [5, 5.41) is 4.96. The fourth-order valence-electron chi connectivity index (χ4n) is 10.6. The Morgan fingerprint density at radius 3 is 0.881 bits per heavy atom. The van der Waals surface area contributed by atoms with Crippen LogP contribution in [0.1, 0.15) is 44.5 Å². The van der Waals surface area contributed by atoms with Crippen LogP contribution in [0.15, 0.2) is 231 Å². The molecule has 59 heavy (non-hydrogen) atoms. The molecule has 12 rings (SSSR count). The highest BCUT2D eigenvalue weighted by Gasteiger charge is 2.47. The summed E-state index contributed by atoms with van der Waals surface area (Å²) in [6, 6.07) is 84.4. The molecule has 0 fully saturated rings. The van der Waals surface area contributed by atoms with Crippen molar-refractivity contribution in [2.24, 2.45) is 0 Å². The first-order chi connectivity index (χ1) is 29.2. The minimum Gasteiger partial charge on any atom is -0.457 e. The van der Waals surface area contributed by atoms with Crippen LogP contribution in [-0.2, 0) is 10.8 Å². The molecule has 0 N–H and O–H groups in total. The molecular formula is C58H38O. The van der Waals surface area contributed by atoms with Crippen LogP contribution in [0.25, 0.3) is 43.8 Å². The highest BCUT2D eigenvalue weighted by molar-refractivity contribution is 5.91. The molecule has 1 heteroatoms. The average molecular weight is 751 g/mol. The van der Waals surface area contributed by atoms with Gasteiger partial charge in [-0.2, -0.15) is 0 Å². The third-order valence-electron chi connectivity index (χ3n) is 13.1. The van der Waals surface area contributed by atoms with Gasteiger partial charge < -0.3 is 4.74 Å². The van der Waals surface area contributed by atoms with Gasteiger partial charge in [0.2, 0.25) is 0 Å². The van der Waals surface area contributed by atoms with E-state index in [1.807, 2.05) is 0 Å². The quantitative estimate of drug-likeness (QED) is 0.164. The number of rotatable bonds is 6. The van der Waals surface area contributed by atoms with Gasteiger partial charge >= 0.3 is 0 Å². The normalized spacial score (nSPS) is 14.0. The first kappa shape index (κ1) is 33.6. The van der Waals surface area contributed by atoms with Gasteiger partial charge in [-0.1, -0.05) is 194 Å². The molecule has 2 aliphatic carbocycles. The smallest absolute Gasteiger partial charge is 0.127 e. The van der Waals surface area contributed by atoms with Crippen molar-refractivity contribution in [1.29, 1.82) is 0 Å². The highest BCUT2D eigenvalue weighted by Crippen LogP contribution is 2.58. The first-order valence-electron chi connectivity index (χ1n) is 20.5. The van der Waals surface area contributed by atoms with Crippen molar-refractivity contribution in [2.45, 2.75) is 10.8 Å². The fraction of sp³-hybridized carbons (Fsp3) is 0.0345. The summed E-state index contributed by atoms with van der Waals surface area (Å²) in [6.07, 6.45) is 0. The Balaban J connectivity index is 0.952. The Hall–Kier alpha value is -7.48. The maximum Gasteiger partial charge on any atom is 0.127 e. The van der Waals surface area contributed by atoms with Crippen LogP contribution in [0.3, 0.4) is 0 Å². The van der Waals surface area contributed by atoms with E-state index in [0.717, 1.165) is 11.5 Å². The van der Waals surface area contributed by atoms with Gasteiger partial charge in [0.25, 0.3) is 0 Å². The molecule has 0 unspecified atom stereocenters. The van der Waals surface area contributed by atoms with E-state index in [-0.39, 0.29) is 0 Å². The summed E-state index contributed by atoms with van der Waals surface area (Å²) in [7, 11) is 0.